The van der Waals surface area contributed by atoms with Crippen LogP contribution in [-0.4, -0.2) is 9.97 Å². The number of aromatic nitrogens is 2. The molecule has 0 N–H and O–H groups in total. The van der Waals surface area contributed by atoms with E-state index in [9.17, 15) is 0 Å². The molecule has 11 aromatic rings. The van der Waals surface area contributed by atoms with Crippen LogP contribution in [0.15, 0.2) is 231 Å². The monoisotopic (exact) mass is 840 g/mol. The molecule has 310 valence electrons. The Balaban J connectivity index is 1.04. The van der Waals surface area contributed by atoms with Crippen molar-refractivity contribution in [1.82, 2.24) is 9.97 Å². The van der Waals surface area contributed by atoms with Crippen LogP contribution < -0.4 is 0 Å². The number of fused-ring (bicyclic) bond motifs is 8. The van der Waals surface area contributed by atoms with Gasteiger partial charge in [0.2, 0.25) is 0 Å². The van der Waals surface area contributed by atoms with Crippen molar-refractivity contribution in [1.29, 1.82) is 0 Å². The molecule has 0 fully saturated rings. The lowest BCUT2D eigenvalue weighted by Crippen LogP contribution is -2.28. The largest absolute Gasteiger partial charge is 0.228 e. The van der Waals surface area contributed by atoms with Crippen LogP contribution in [0.2, 0.25) is 0 Å². The molecular formula is C64H44N2. The van der Waals surface area contributed by atoms with Gasteiger partial charge in [-0.3, -0.25) is 0 Å². The maximum Gasteiger partial charge on any atom is 0.160 e. The van der Waals surface area contributed by atoms with Gasteiger partial charge in [0, 0.05) is 22.1 Å². The Morgan fingerprint density at radius 3 is 1.53 bits per heavy atom. The standard InChI is InChI=1S/C64H44N2/c1-63(2)55-34-18-31-50(60(55)53-38-42-22-12-13-23-43(42)39-57(53)63)48-36-37-49(47-29-15-14-28-46(47)48)58-40-59(66-62(65-58)41-20-6-3-7-21-41)52-32-19-35-56-61(52)51-30-16-17-33-54(51)64(56,44-24-8-4-9-25-44)45-26-10-5-11-27-45/h3-40H,1-2H3. The van der Waals surface area contributed by atoms with E-state index in [4.69, 9.17) is 9.97 Å². The van der Waals surface area contributed by atoms with Gasteiger partial charge in [-0.2, -0.15) is 0 Å². The van der Waals surface area contributed by atoms with Gasteiger partial charge in [0.05, 0.1) is 16.8 Å². The van der Waals surface area contributed by atoms with Crippen molar-refractivity contribution in [2.75, 3.05) is 0 Å². The Morgan fingerprint density at radius 2 is 0.818 bits per heavy atom. The molecule has 2 aliphatic carbocycles. The summed E-state index contributed by atoms with van der Waals surface area (Å²) in [4.78, 5) is 10.9. The van der Waals surface area contributed by atoms with Crippen molar-refractivity contribution in [3.8, 4) is 67.3 Å². The number of rotatable bonds is 6. The molecule has 0 saturated carbocycles. The van der Waals surface area contributed by atoms with Gasteiger partial charge in [-0.1, -0.05) is 226 Å². The van der Waals surface area contributed by atoms with Crippen molar-refractivity contribution in [3.05, 3.63) is 264 Å². The van der Waals surface area contributed by atoms with E-state index in [0.29, 0.717) is 5.82 Å². The lowest BCUT2D eigenvalue weighted by atomic mass is 9.67. The summed E-state index contributed by atoms with van der Waals surface area (Å²) in [5.74, 6) is 0.699. The maximum absolute atomic E-state index is 5.47. The average molecular weight is 841 g/mol. The highest BCUT2D eigenvalue weighted by molar-refractivity contribution is 6.09. The molecule has 0 amide bonds. The molecule has 66 heavy (non-hydrogen) atoms. The fraction of sp³-hybridized carbons (Fsp3) is 0.0625. The summed E-state index contributed by atoms with van der Waals surface area (Å²) < 4.78 is 0. The minimum Gasteiger partial charge on any atom is -0.228 e. The molecule has 2 heteroatoms. The number of hydrogen-bond donors (Lipinski definition) is 0. The molecule has 0 saturated heterocycles. The van der Waals surface area contributed by atoms with Crippen LogP contribution in [0.5, 0.6) is 0 Å². The van der Waals surface area contributed by atoms with Gasteiger partial charge in [-0.05, 0) is 107 Å². The fourth-order valence-electron chi connectivity index (χ4n) is 11.6. The molecule has 0 spiro atoms. The van der Waals surface area contributed by atoms with E-state index >= 15 is 0 Å². The van der Waals surface area contributed by atoms with E-state index in [1.165, 1.54) is 82.9 Å². The van der Waals surface area contributed by atoms with E-state index in [2.05, 4.69) is 244 Å². The molecule has 13 rings (SSSR count). The first-order valence-corrected chi connectivity index (χ1v) is 23.0. The van der Waals surface area contributed by atoms with Gasteiger partial charge in [0.1, 0.15) is 0 Å². The second kappa shape index (κ2) is 14.7. The van der Waals surface area contributed by atoms with Gasteiger partial charge in [0.15, 0.2) is 5.82 Å². The van der Waals surface area contributed by atoms with Crippen molar-refractivity contribution in [3.63, 3.8) is 0 Å². The lowest BCUT2D eigenvalue weighted by Gasteiger charge is -2.33. The van der Waals surface area contributed by atoms with Crippen LogP contribution in [0.1, 0.15) is 47.2 Å². The summed E-state index contributed by atoms with van der Waals surface area (Å²) in [5.41, 5.74) is 19.6. The minimum absolute atomic E-state index is 0.133. The van der Waals surface area contributed by atoms with E-state index < -0.39 is 5.41 Å². The first kappa shape index (κ1) is 38.3. The zero-order chi connectivity index (χ0) is 44.0. The van der Waals surface area contributed by atoms with Gasteiger partial charge >= 0.3 is 0 Å². The third kappa shape index (κ3) is 5.55. The summed E-state index contributed by atoms with van der Waals surface area (Å²) >= 11 is 0. The highest BCUT2D eigenvalue weighted by atomic mass is 14.9. The van der Waals surface area contributed by atoms with Crippen molar-refractivity contribution < 1.29 is 0 Å². The zero-order valence-electron chi connectivity index (χ0n) is 36.8. The summed E-state index contributed by atoms with van der Waals surface area (Å²) in [6, 6.07) is 84.3. The SMILES string of the molecule is CC1(C)c2cc3ccccc3cc2-c2c(-c3ccc(-c4cc(-c5cccc6c5-c5ccccc5C6(c5ccccc5)c5ccccc5)nc(-c5ccccc5)n4)c4ccccc34)cccc21. The molecule has 10 aromatic carbocycles. The van der Waals surface area contributed by atoms with Crippen molar-refractivity contribution in [2.24, 2.45) is 0 Å². The Bertz CT molecular complexity index is 3680. The fourth-order valence-corrected chi connectivity index (χ4v) is 11.6. The predicted molar refractivity (Wildman–Crippen MR) is 274 cm³/mol. The maximum atomic E-state index is 5.47. The second-order valence-corrected chi connectivity index (χ2v) is 18.4. The van der Waals surface area contributed by atoms with Crippen LogP contribution in [-0.2, 0) is 10.8 Å². The zero-order valence-corrected chi connectivity index (χ0v) is 36.8. The second-order valence-electron chi connectivity index (χ2n) is 18.4. The number of nitrogens with zero attached hydrogens (tertiary/aromatic N) is 2. The molecule has 1 aromatic heterocycles. The summed E-state index contributed by atoms with van der Waals surface area (Å²) in [7, 11) is 0. The smallest absolute Gasteiger partial charge is 0.160 e. The molecule has 0 radical (unpaired) electrons. The lowest BCUT2D eigenvalue weighted by molar-refractivity contribution is 0.661. The van der Waals surface area contributed by atoms with Crippen LogP contribution in [0.25, 0.3) is 88.8 Å². The molecule has 0 atom stereocenters. The molecule has 0 aliphatic heterocycles. The van der Waals surface area contributed by atoms with Crippen LogP contribution in [0, 0.1) is 0 Å². The Kier molecular flexibility index (Phi) is 8.51. The Morgan fingerprint density at radius 1 is 0.318 bits per heavy atom. The van der Waals surface area contributed by atoms with E-state index in [1.54, 1.807) is 0 Å². The highest BCUT2D eigenvalue weighted by Gasteiger charge is 2.47. The summed E-state index contributed by atoms with van der Waals surface area (Å²) in [6.45, 7) is 4.75. The van der Waals surface area contributed by atoms with Crippen LogP contribution in [0.4, 0.5) is 0 Å². The average Bonchev–Trinajstić information content (AvgIpc) is 3.81. The molecule has 1 heterocycles. The normalized spacial score (nSPS) is 13.8. The van der Waals surface area contributed by atoms with Gasteiger partial charge < -0.3 is 0 Å². The molecule has 2 nitrogen and oxygen atoms in total. The minimum atomic E-state index is -0.519. The van der Waals surface area contributed by atoms with Crippen molar-refractivity contribution >= 4 is 21.5 Å². The third-order valence-electron chi connectivity index (χ3n) is 14.6. The predicted octanol–water partition coefficient (Wildman–Crippen LogP) is 16.1. The van der Waals surface area contributed by atoms with E-state index in [1.807, 2.05) is 0 Å². The topological polar surface area (TPSA) is 25.8 Å². The van der Waals surface area contributed by atoms with Gasteiger partial charge in [-0.25, -0.2) is 9.97 Å². The van der Waals surface area contributed by atoms with Crippen LogP contribution >= 0.6 is 0 Å². The van der Waals surface area contributed by atoms with Gasteiger partial charge in [0.25, 0.3) is 0 Å². The van der Waals surface area contributed by atoms with Crippen molar-refractivity contribution in [2.45, 2.75) is 24.7 Å². The molecule has 0 bridgehead atoms. The first-order chi connectivity index (χ1) is 32.5. The third-order valence-corrected chi connectivity index (χ3v) is 14.6. The highest BCUT2D eigenvalue weighted by Crippen LogP contribution is 2.59. The number of hydrogen-bond acceptors (Lipinski definition) is 2. The molecule has 2 aliphatic rings. The van der Waals surface area contributed by atoms with Gasteiger partial charge in [-0.15, -0.1) is 0 Å². The summed E-state index contributed by atoms with van der Waals surface area (Å²) in [5, 5.41) is 4.90. The first-order valence-electron chi connectivity index (χ1n) is 23.0. The Hall–Kier alpha value is -8.20. The van der Waals surface area contributed by atoms with E-state index in [-0.39, 0.29) is 5.41 Å². The number of benzene rings is 10. The quantitative estimate of drug-likeness (QED) is 0.167. The molecule has 0 unspecified atom stereocenters. The molecular weight excluding hydrogens is 797 g/mol. The van der Waals surface area contributed by atoms with Crippen LogP contribution in [0.3, 0.4) is 0 Å². The van der Waals surface area contributed by atoms with E-state index in [0.717, 1.165) is 33.5 Å². The Labute approximate surface area is 385 Å². The summed E-state index contributed by atoms with van der Waals surface area (Å²) in [6.07, 6.45) is 0.